The van der Waals surface area contributed by atoms with E-state index >= 15 is 0 Å². The standard InChI is InChI=1S/C16H19N5O2S/c1-9(2)14-18-16(20-19-14)24-10(3)15(23)21-8-13(22)17-11-6-4-5-7-12(11)21/h4-7,9-10H,8H2,1-3H3,(H,17,22)(H,18,19,20). The molecule has 2 N–H and O–H groups in total. The van der Waals surface area contributed by atoms with Crippen molar-refractivity contribution in [1.82, 2.24) is 15.2 Å². The number of nitrogens with zero attached hydrogens (tertiary/aromatic N) is 3. The molecule has 7 nitrogen and oxygen atoms in total. The molecule has 2 aromatic rings. The van der Waals surface area contributed by atoms with E-state index in [-0.39, 0.29) is 24.3 Å². The molecule has 1 aromatic heterocycles. The Morgan fingerprint density at radius 2 is 2.04 bits per heavy atom. The number of anilines is 2. The van der Waals surface area contributed by atoms with Crippen LogP contribution in [0.15, 0.2) is 29.4 Å². The molecule has 0 saturated heterocycles. The summed E-state index contributed by atoms with van der Waals surface area (Å²) in [6.45, 7) is 5.86. The number of nitrogens with one attached hydrogen (secondary N) is 2. The molecule has 2 amide bonds. The van der Waals surface area contributed by atoms with Crippen molar-refractivity contribution >= 4 is 35.0 Å². The van der Waals surface area contributed by atoms with Crippen LogP contribution in [0.4, 0.5) is 11.4 Å². The molecule has 0 radical (unpaired) electrons. The lowest BCUT2D eigenvalue weighted by molar-refractivity contribution is -0.121. The molecule has 0 aliphatic carbocycles. The zero-order valence-corrected chi connectivity index (χ0v) is 14.6. The minimum atomic E-state index is -0.403. The van der Waals surface area contributed by atoms with E-state index in [0.29, 0.717) is 16.5 Å². The number of amides is 2. The first-order valence-electron chi connectivity index (χ1n) is 7.75. The first-order valence-corrected chi connectivity index (χ1v) is 8.63. The highest BCUT2D eigenvalue weighted by atomic mass is 32.2. The molecular weight excluding hydrogens is 326 g/mol. The number of carbonyl (C=O) groups is 2. The molecule has 2 heterocycles. The Balaban J connectivity index is 1.77. The fourth-order valence-electron chi connectivity index (χ4n) is 2.43. The van der Waals surface area contributed by atoms with Crippen LogP contribution in [0.25, 0.3) is 0 Å². The normalized spacial score (nSPS) is 15.2. The molecule has 8 heteroatoms. The molecule has 1 aliphatic rings. The van der Waals surface area contributed by atoms with Crippen molar-refractivity contribution < 1.29 is 9.59 Å². The molecule has 1 unspecified atom stereocenters. The quantitative estimate of drug-likeness (QED) is 0.830. The molecule has 126 valence electrons. The van der Waals surface area contributed by atoms with Gasteiger partial charge in [-0.15, -0.1) is 5.10 Å². The fraction of sp³-hybridized carbons (Fsp3) is 0.375. The second-order valence-electron chi connectivity index (χ2n) is 5.91. The van der Waals surface area contributed by atoms with Crippen LogP contribution in [0.1, 0.15) is 32.5 Å². The molecule has 1 aromatic carbocycles. The van der Waals surface area contributed by atoms with Gasteiger partial charge < -0.3 is 5.32 Å². The van der Waals surface area contributed by atoms with Crippen LogP contribution in [0.5, 0.6) is 0 Å². The number of carbonyl (C=O) groups excluding carboxylic acids is 2. The average molecular weight is 345 g/mol. The summed E-state index contributed by atoms with van der Waals surface area (Å²) < 4.78 is 0. The smallest absolute Gasteiger partial charge is 0.244 e. The van der Waals surface area contributed by atoms with Crippen molar-refractivity contribution in [3.05, 3.63) is 30.1 Å². The number of aromatic nitrogens is 3. The summed E-state index contributed by atoms with van der Waals surface area (Å²) in [7, 11) is 0. The first-order chi connectivity index (χ1) is 11.5. The number of hydrogen-bond acceptors (Lipinski definition) is 5. The van der Waals surface area contributed by atoms with Crippen molar-refractivity contribution in [3.63, 3.8) is 0 Å². The summed E-state index contributed by atoms with van der Waals surface area (Å²) in [5.41, 5.74) is 1.37. The number of rotatable bonds is 4. The third-order valence-corrected chi connectivity index (χ3v) is 4.64. The summed E-state index contributed by atoms with van der Waals surface area (Å²) >= 11 is 1.28. The molecular formula is C16H19N5O2S. The Hall–Kier alpha value is -2.35. The lowest BCUT2D eigenvalue weighted by Gasteiger charge is -2.30. The second kappa shape index (κ2) is 6.64. The monoisotopic (exact) mass is 345 g/mol. The highest BCUT2D eigenvalue weighted by Gasteiger charge is 2.30. The van der Waals surface area contributed by atoms with Gasteiger partial charge in [0.2, 0.25) is 17.0 Å². The molecule has 0 spiro atoms. The molecule has 0 saturated carbocycles. The fourth-order valence-corrected chi connectivity index (χ4v) is 3.22. The number of para-hydroxylation sites is 2. The van der Waals surface area contributed by atoms with Crippen molar-refractivity contribution in [2.24, 2.45) is 0 Å². The topological polar surface area (TPSA) is 91.0 Å². The van der Waals surface area contributed by atoms with Gasteiger partial charge >= 0.3 is 0 Å². The maximum absolute atomic E-state index is 12.8. The maximum atomic E-state index is 12.8. The van der Waals surface area contributed by atoms with Gasteiger partial charge in [0, 0.05) is 5.92 Å². The highest BCUT2D eigenvalue weighted by molar-refractivity contribution is 8.00. The maximum Gasteiger partial charge on any atom is 0.244 e. The molecule has 1 atom stereocenters. The molecule has 24 heavy (non-hydrogen) atoms. The van der Waals surface area contributed by atoms with Crippen molar-refractivity contribution in [3.8, 4) is 0 Å². The van der Waals surface area contributed by atoms with Gasteiger partial charge in [-0.25, -0.2) is 4.98 Å². The van der Waals surface area contributed by atoms with Gasteiger partial charge in [0.05, 0.1) is 16.6 Å². The van der Waals surface area contributed by atoms with Gasteiger partial charge in [-0.3, -0.25) is 19.6 Å². The Morgan fingerprint density at radius 3 is 2.75 bits per heavy atom. The van der Waals surface area contributed by atoms with Gasteiger partial charge in [-0.05, 0) is 19.1 Å². The minimum Gasteiger partial charge on any atom is -0.323 e. The van der Waals surface area contributed by atoms with Crippen molar-refractivity contribution in [2.45, 2.75) is 37.1 Å². The summed E-state index contributed by atoms with van der Waals surface area (Å²) in [6, 6.07) is 7.29. The predicted octanol–water partition coefficient (Wildman–Crippen LogP) is 2.39. The van der Waals surface area contributed by atoms with Gasteiger partial charge in [0.1, 0.15) is 12.4 Å². The Morgan fingerprint density at radius 1 is 1.29 bits per heavy atom. The van der Waals surface area contributed by atoms with E-state index in [9.17, 15) is 9.59 Å². The number of thioether (sulfide) groups is 1. The highest BCUT2D eigenvalue weighted by Crippen LogP contribution is 2.31. The summed E-state index contributed by atoms with van der Waals surface area (Å²) in [4.78, 5) is 30.6. The molecule has 0 bridgehead atoms. The minimum absolute atomic E-state index is 0.0198. The van der Waals surface area contributed by atoms with E-state index in [1.165, 1.54) is 16.7 Å². The van der Waals surface area contributed by atoms with Crippen molar-refractivity contribution in [1.29, 1.82) is 0 Å². The lowest BCUT2D eigenvalue weighted by Crippen LogP contribution is -2.45. The predicted molar refractivity (Wildman–Crippen MR) is 93.2 cm³/mol. The zero-order valence-electron chi connectivity index (χ0n) is 13.7. The molecule has 0 fully saturated rings. The Kier molecular flexibility index (Phi) is 4.57. The number of H-pyrrole nitrogens is 1. The Labute approximate surface area is 144 Å². The summed E-state index contributed by atoms with van der Waals surface area (Å²) in [5.74, 6) is 0.702. The molecule has 1 aliphatic heterocycles. The van der Waals surface area contributed by atoms with Gasteiger partial charge in [0.25, 0.3) is 0 Å². The van der Waals surface area contributed by atoms with E-state index in [4.69, 9.17) is 0 Å². The second-order valence-corrected chi connectivity index (χ2v) is 7.22. The van der Waals surface area contributed by atoms with Gasteiger partial charge in [0.15, 0.2) is 0 Å². The average Bonchev–Trinajstić information content (AvgIpc) is 3.02. The van der Waals surface area contributed by atoms with Gasteiger partial charge in [-0.2, -0.15) is 0 Å². The largest absolute Gasteiger partial charge is 0.323 e. The summed E-state index contributed by atoms with van der Waals surface area (Å²) in [5, 5.41) is 9.94. The van der Waals surface area contributed by atoms with Gasteiger partial charge in [-0.1, -0.05) is 37.7 Å². The van der Waals surface area contributed by atoms with Crippen LogP contribution in [-0.2, 0) is 9.59 Å². The summed E-state index contributed by atoms with van der Waals surface area (Å²) in [6.07, 6.45) is 0. The third kappa shape index (κ3) is 3.28. The molecule has 3 rings (SSSR count). The van der Waals surface area contributed by atoms with Crippen molar-refractivity contribution in [2.75, 3.05) is 16.8 Å². The number of fused-ring (bicyclic) bond motifs is 1. The van der Waals surface area contributed by atoms with Crippen LogP contribution in [0.3, 0.4) is 0 Å². The van der Waals surface area contributed by atoms with E-state index in [0.717, 1.165) is 5.82 Å². The van der Waals surface area contributed by atoms with E-state index in [1.807, 2.05) is 32.0 Å². The third-order valence-electron chi connectivity index (χ3n) is 3.70. The number of benzene rings is 1. The van der Waals surface area contributed by atoms with Crippen LogP contribution in [-0.4, -0.2) is 38.8 Å². The SMILES string of the molecule is CC(Sc1n[nH]c(C(C)C)n1)C(=O)N1CC(=O)Nc2ccccc21. The number of hydrogen-bond donors (Lipinski definition) is 2. The van der Waals surface area contributed by atoms with Crippen LogP contribution in [0.2, 0.25) is 0 Å². The zero-order chi connectivity index (χ0) is 17.3. The Bertz CT molecular complexity index is 773. The van der Waals surface area contributed by atoms with E-state index in [2.05, 4.69) is 20.5 Å². The number of aromatic amines is 1. The van der Waals surface area contributed by atoms with Crippen LogP contribution < -0.4 is 10.2 Å². The van der Waals surface area contributed by atoms with Crippen LogP contribution >= 0.6 is 11.8 Å². The lowest BCUT2D eigenvalue weighted by atomic mass is 10.2. The van der Waals surface area contributed by atoms with E-state index in [1.54, 1.807) is 13.0 Å². The van der Waals surface area contributed by atoms with E-state index < -0.39 is 5.25 Å². The van der Waals surface area contributed by atoms with Crippen LogP contribution in [0, 0.1) is 0 Å². The first kappa shape index (κ1) is 16.5.